The number of nitrogens with one attached hydrogen (secondary N) is 2. The summed E-state index contributed by atoms with van der Waals surface area (Å²) >= 11 is 1.68. The highest BCUT2D eigenvalue weighted by atomic mass is 32.1. The first-order chi connectivity index (χ1) is 16.5. The minimum Gasteiger partial charge on any atom is -0.354 e. The zero-order valence-corrected chi connectivity index (χ0v) is 21.1. The predicted molar refractivity (Wildman–Crippen MR) is 140 cm³/mol. The number of rotatable bonds is 8. The summed E-state index contributed by atoms with van der Waals surface area (Å²) in [5, 5.41) is 7.52. The van der Waals surface area contributed by atoms with Gasteiger partial charge in [0.1, 0.15) is 0 Å². The van der Waals surface area contributed by atoms with Crippen LogP contribution in [0.25, 0.3) is 20.7 Å². The number of piperazine rings is 1. The molecule has 180 valence electrons. The van der Waals surface area contributed by atoms with Gasteiger partial charge in [-0.15, -0.1) is 11.3 Å². The molecule has 1 saturated carbocycles. The Morgan fingerprint density at radius 1 is 1.26 bits per heavy atom. The highest BCUT2D eigenvalue weighted by Gasteiger charge is 2.25. The van der Waals surface area contributed by atoms with Gasteiger partial charge in [0.25, 0.3) is 5.91 Å². The zero-order chi connectivity index (χ0) is 23.7. The van der Waals surface area contributed by atoms with Crippen molar-refractivity contribution in [3.63, 3.8) is 0 Å². The minimum absolute atomic E-state index is 0.0222. The van der Waals surface area contributed by atoms with Gasteiger partial charge in [-0.1, -0.05) is 6.07 Å². The van der Waals surface area contributed by atoms with Crippen LogP contribution in [0.4, 0.5) is 5.95 Å². The number of hydrogen-bond donors (Lipinski definition) is 2. The normalized spacial score (nSPS) is 19.4. The lowest BCUT2D eigenvalue weighted by atomic mass is 10.1. The van der Waals surface area contributed by atoms with Crippen molar-refractivity contribution in [1.29, 1.82) is 0 Å². The van der Waals surface area contributed by atoms with Crippen LogP contribution < -0.4 is 10.6 Å². The maximum absolute atomic E-state index is 12.7. The van der Waals surface area contributed by atoms with Gasteiger partial charge in [0.05, 0.1) is 10.6 Å². The lowest BCUT2D eigenvalue weighted by Gasteiger charge is -2.37. The van der Waals surface area contributed by atoms with E-state index >= 15 is 0 Å². The van der Waals surface area contributed by atoms with E-state index in [0.717, 1.165) is 83.8 Å². The van der Waals surface area contributed by atoms with Crippen LogP contribution >= 0.6 is 11.3 Å². The van der Waals surface area contributed by atoms with E-state index < -0.39 is 0 Å². The third-order valence-corrected chi connectivity index (χ3v) is 8.01. The van der Waals surface area contributed by atoms with Crippen molar-refractivity contribution < 1.29 is 4.79 Å². The van der Waals surface area contributed by atoms with Gasteiger partial charge < -0.3 is 20.4 Å². The van der Waals surface area contributed by atoms with Gasteiger partial charge in [-0.2, -0.15) is 0 Å². The molecule has 2 aromatic heterocycles. The van der Waals surface area contributed by atoms with Gasteiger partial charge in [0.15, 0.2) is 0 Å². The van der Waals surface area contributed by atoms with Crippen molar-refractivity contribution in [3.05, 3.63) is 41.6 Å². The van der Waals surface area contributed by atoms with Crippen LogP contribution in [0.15, 0.2) is 30.5 Å². The molecule has 1 amide bonds. The van der Waals surface area contributed by atoms with Gasteiger partial charge in [-0.25, -0.2) is 9.97 Å². The number of nitrogens with zero attached hydrogens (tertiary/aromatic N) is 4. The highest BCUT2D eigenvalue weighted by molar-refractivity contribution is 7.22. The van der Waals surface area contributed by atoms with Crippen molar-refractivity contribution in [2.24, 2.45) is 0 Å². The first kappa shape index (κ1) is 23.2. The summed E-state index contributed by atoms with van der Waals surface area (Å²) in [6.45, 7) is 9.68. The van der Waals surface area contributed by atoms with Crippen LogP contribution in [0.1, 0.15) is 42.1 Å². The molecule has 7 nitrogen and oxygen atoms in total. The van der Waals surface area contributed by atoms with Crippen molar-refractivity contribution in [2.75, 3.05) is 45.1 Å². The molecule has 2 N–H and O–H groups in total. The summed E-state index contributed by atoms with van der Waals surface area (Å²) in [5.74, 6) is 0.686. The number of anilines is 1. The van der Waals surface area contributed by atoms with Crippen molar-refractivity contribution in [1.82, 2.24) is 25.1 Å². The van der Waals surface area contributed by atoms with Gasteiger partial charge in [-0.3, -0.25) is 4.79 Å². The van der Waals surface area contributed by atoms with E-state index in [2.05, 4.69) is 51.5 Å². The minimum atomic E-state index is 0.0222. The Bertz CT molecular complexity index is 1170. The summed E-state index contributed by atoms with van der Waals surface area (Å²) < 4.78 is 1.10. The lowest BCUT2D eigenvalue weighted by Crippen LogP contribution is -2.50. The second-order valence-electron chi connectivity index (χ2n) is 9.71. The second kappa shape index (κ2) is 9.98. The van der Waals surface area contributed by atoms with Crippen LogP contribution in [-0.4, -0.2) is 77.5 Å². The first-order valence-corrected chi connectivity index (χ1v) is 13.1. The molecule has 0 bridgehead atoms. The molecule has 1 saturated heterocycles. The van der Waals surface area contributed by atoms with Crippen molar-refractivity contribution in [2.45, 2.75) is 45.2 Å². The van der Waals surface area contributed by atoms with Crippen LogP contribution in [0, 0.1) is 6.92 Å². The van der Waals surface area contributed by atoms with Crippen molar-refractivity contribution in [3.8, 4) is 10.6 Å². The Balaban J connectivity index is 1.26. The Morgan fingerprint density at radius 2 is 2.12 bits per heavy atom. The molecule has 2 fully saturated rings. The van der Waals surface area contributed by atoms with E-state index in [1.807, 2.05) is 25.3 Å². The molecule has 1 atom stereocenters. The molecule has 3 heterocycles. The van der Waals surface area contributed by atoms with E-state index in [1.54, 1.807) is 11.3 Å². The van der Waals surface area contributed by atoms with E-state index in [0.29, 0.717) is 18.0 Å². The molecule has 1 aliphatic carbocycles. The van der Waals surface area contributed by atoms with Gasteiger partial charge >= 0.3 is 0 Å². The molecule has 0 spiro atoms. The Morgan fingerprint density at radius 3 is 2.91 bits per heavy atom. The van der Waals surface area contributed by atoms with Crippen LogP contribution in [0.5, 0.6) is 0 Å². The number of hydrogen-bond acceptors (Lipinski definition) is 7. The number of amides is 1. The molecule has 1 aliphatic heterocycles. The molecule has 5 rings (SSSR count). The summed E-state index contributed by atoms with van der Waals surface area (Å²) in [6.07, 6.45) is 5.12. The Labute approximate surface area is 205 Å². The monoisotopic (exact) mass is 478 g/mol. The molecule has 34 heavy (non-hydrogen) atoms. The molecular weight excluding hydrogens is 444 g/mol. The number of carbonyl (C=O) groups excluding carboxylic acids is 1. The predicted octanol–water partition coefficient (Wildman–Crippen LogP) is 4.00. The molecule has 2 aliphatic rings. The maximum atomic E-state index is 12.7. The largest absolute Gasteiger partial charge is 0.354 e. The average Bonchev–Trinajstić information content (AvgIpc) is 3.53. The van der Waals surface area contributed by atoms with E-state index in [4.69, 9.17) is 4.98 Å². The fraction of sp³-hybridized carbons (Fsp3) is 0.500. The van der Waals surface area contributed by atoms with Gasteiger partial charge in [-0.05, 0) is 70.5 Å². The fourth-order valence-corrected chi connectivity index (χ4v) is 5.62. The summed E-state index contributed by atoms with van der Waals surface area (Å²) in [5.41, 5.74) is 2.71. The summed E-state index contributed by atoms with van der Waals surface area (Å²) in [6, 6.07) is 9.02. The SMILES string of the molecule is Cc1cnc(NCCCN2CCN(C)[C@@H](C)C2)nc1-c1cc2c(C(=O)NC3CC3)cccc2s1. The van der Waals surface area contributed by atoms with E-state index in [1.165, 1.54) is 0 Å². The third kappa shape index (κ3) is 5.24. The fourth-order valence-electron chi connectivity index (χ4n) is 4.47. The average molecular weight is 479 g/mol. The number of carbonyl (C=O) groups is 1. The topological polar surface area (TPSA) is 73.4 Å². The van der Waals surface area contributed by atoms with Gasteiger partial charge in [0.2, 0.25) is 5.95 Å². The molecule has 1 aromatic carbocycles. The molecule has 0 radical (unpaired) electrons. The highest BCUT2D eigenvalue weighted by Crippen LogP contribution is 2.36. The molecule has 0 unspecified atom stereocenters. The zero-order valence-electron chi connectivity index (χ0n) is 20.3. The van der Waals surface area contributed by atoms with Crippen LogP contribution in [0.3, 0.4) is 0 Å². The van der Waals surface area contributed by atoms with Crippen LogP contribution in [-0.2, 0) is 0 Å². The van der Waals surface area contributed by atoms with Gasteiger partial charge in [0, 0.05) is 60.1 Å². The number of fused-ring (bicyclic) bond motifs is 1. The quantitative estimate of drug-likeness (QED) is 0.477. The number of likely N-dealkylation sites (N-methyl/N-ethyl adjacent to an activating group) is 1. The number of aromatic nitrogens is 2. The Hall–Kier alpha value is -2.55. The third-order valence-electron chi connectivity index (χ3n) is 6.90. The van der Waals surface area contributed by atoms with Crippen LogP contribution in [0.2, 0.25) is 0 Å². The smallest absolute Gasteiger partial charge is 0.252 e. The maximum Gasteiger partial charge on any atom is 0.252 e. The number of benzene rings is 1. The lowest BCUT2D eigenvalue weighted by molar-refractivity contribution is 0.0952. The molecular formula is C26H34N6OS. The summed E-state index contributed by atoms with van der Waals surface area (Å²) in [7, 11) is 2.20. The Kier molecular flexibility index (Phi) is 6.81. The first-order valence-electron chi connectivity index (χ1n) is 12.3. The number of aryl methyl sites for hydroxylation is 1. The second-order valence-corrected chi connectivity index (χ2v) is 10.8. The van der Waals surface area contributed by atoms with E-state index in [-0.39, 0.29) is 5.91 Å². The van der Waals surface area contributed by atoms with E-state index in [9.17, 15) is 4.79 Å². The molecule has 8 heteroatoms. The number of thiophene rings is 1. The summed E-state index contributed by atoms with van der Waals surface area (Å²) in [4.78, 5) is 28.1. The standard InChI is InChI=1S/C26H34N6OS/c1-17-15-28-26(27-10-5-11-32-13-12-31(3)18(2)16-32)30-24(17)23-14-21-20(6-4-7-22(21)34-23)25(33)29-19-8-9-19/h4,6-7,14-15,18-19H,5,8-13,16H2,1-3H3,(H,29,33)(H,27,28,30)/t18-/m0/s1. The van der Waals surface area contributed by atoms with Crippen molar-refractivity contribution >= 4 is 33.3 Å². The molecule has 3 aromatic rings.